The number of hydrogen-bond donors (Lipinski definition) is 0. The van der Waals surface area contributed by atoms with E-state index in [1.54, 1.807) is 4.90 Å². The zero-order valence-corrected chi connectivity index (χ0v) is 17.9. The predicted molar refractivity (Wildman–Crippen MR) is 113 cm³/mol. The van der Waals surface area contributed by atoms with E-state index in [-0.39, 0.29) is 0 Å². The van der Waals surface area contributed by atoms with Gasteiger partial charge in [0.25, 0.3) is 0 Å². The molecule has 3 heteroatoms. The van der Waals surface area contributed by atoms with E-state index in [9.17, 15) is 0 Å². The van der Waals surface area contributed by atoms with Gasteiger partial charge in [-0.2, -0.15) is 0 Å². The maximum atomic E-state index is 2.46. The van der Waals surface area contributed by atoms with Crippen molar-refractivity contribution in [2.24, 2.45) is 0 Å². The molecule has 0 unspecified atom stereocenters. The summed E-state index contributed by atoms with van der Waals surface area (Å²) >= 11 is 6.25. The van der Waals surface area contributed by atoms with Gasteiger partial charge in [-0.05, 0) is 60.6 Å². The van der Waals surface area contributed by atoms with Crippen LogP contribution in [-0.2, 0) is 6.42 Å². The summed E-state index contributed by atoms with van der Waals surface area (Å²) in [6.45, 7) is 9.13. The quantitative estimate of drug-likeness (QED) is 0.255. The third-order valence-electron chi connectivity index (χ3n) is 3.74. The molecule has 0 bridgehead atoms. The Morgan fingerprint density at radius 2 is 1.09 bits per heavy atom. The Labute approximate surface area is 157 Å². The van der Waals surface area contributed by atoms with Crippen LogP contribution in [0.25, 0.3) is 0 Å². The van der Waals surface area contributed by atoms with Crippen molar-refractivity contribution in [1.82, 2.24) is 0 Å². The molecule has 0 N–H and O–H groups in total. The van der Waals surface area contributed by atoms with Crippen molar-refractivity contribution >= 4 is 35.3 Å². The monoisotopic (exact) mass is 370 g/mol. The number of aryl methyl sites for hydroxylation is 1. The topological polar surface area (TPSA) is 0 Å². The normalized spacial score (nSPS) is 11.1. The van der Waals surface area contributed by atoms with E-state index in [1.807, 2.05) is 0 Å². The summed E-state index contributed by atoms with van der Waals surface area (Å²) in [7, 11) is 0. The predicted octanol–water partition coefficient (Wildman–Crippen LogP) is 7.93. The molecule has 0 fully saturated rings. The molecule has 0 saturated heterocycles. The van der Waals surface area contributed by atoms with Crippen LogP contribution in [0.4, 0.5) is 0 Å². The van der Waals surface area contributed by atoms with Crippen molar-refractivity contribution in [2.45, 2.75) is 87.3 Å². The van der Waals surface area contributed by atoms with Gasteiger partial charge in [0.1, 0.15) is 0 Å². The Morgan fingerprint density at radius 3 is 1.48 bits per heavy atom. The van der Waals surface area contributed by atoms with Crippen LogP contribution >= 0.6 is 35.3 Å². The maximum Gasteiger partial charge on any atom is 0.0344 e. The van der Waals surface area contributed by atoms with Crippen LogP contribution in [0.1, 0.15) is 71.8 Å². The van der Waals surface area contributed by atoms with Crippen molar-refractivity contribution in [3.63, 3.8) is 0 Å². The average Bonchev–Trinajstić information content (AvgIpc) is 2.57. The highest BCUT2D eigenvalue weighted by Crippen LogP contribution is 2.40. The van der Waals surface area contributed by atoms with Gasteiger partial charge in [0.05, 0.1) is 0 Å². The fourth-order valence-corrected chi connectivity index (χ4v) is 6.23. The molecule has 0 amide bonds. The lowest BCUT2D eigenvalue weighted by molar-refractivity contribution is 0.888. The lowest BCUT2D eigenvalue weighted by atomic mass is 10.2. The van der Waals surface area contributed by atoms with E-state index in [2.05, 4.69) is 75.1 Å². The van der Waals surface area contributed by atoms with Crippen molar-refractivity contribution in [1.29, 1.82) is 0 Å². The molecule has 1 aromatic carbocycles. The number of hydrogen-bond acceptors (Lipinski definition) is 3. The van der Waals surface area contributed by atoms with Crippen LogP contribution in [0, 0.1) is 0 Å². The summed E-state index contributed by atoms with van der Waals surface area (Å²) in [6.07, 6.45) is 8.96. The molecule has 1 aromatic rings. The summed E-state index contributed by atoms with van der Waals surface area (Å²) in [5.41, 5.74) is 1.50. The number of unbranched alkanes of at least 4 members (excludes halogenated alkanes) is 3. The summed E-state index contributed by atoms with van der Waals surface area (Å²) in [4.78, 5) is 4.65. The van der Waals surface area contributed by atoms with Crippen LogP contribution in [0.15, 0.2) is 26.8 Å². The molecule has 0 atom stereocenters. The van der Waals surface area contributed by atoms with Gasteiger partial charge in [-0.25, -0.2) is 0 Å². The Hall–Kier alpha value is 0.270. The largest absolute Gasteiger partial charge is 0.125 e. The second kappa shape index (κ2) is 13.5. The van der Waals surface area contributed by atoms with Crippen molar-refractivity contribution < 1.29 is 0 Å². The minimum Gasteiger partial charge on any atom is -0.125 e. The minimum atomic E-state index is 1.14. The second-order valence-electron chi connectivity index (χ2n) is 5.88. The Balaban J connectivity index is 2.97. The highest BCUT2D eigenvalue weighted by atomic mass is 32.2. The highest BCUT2D eigenvalue weighted by molar-refractivity contribution is 8.03. The van der Waals surface area contributed by atoms with E-state index < -0.39 is 0 Å². The Kier molecular flexibility index (Phi) is 12.6. The average molecular weight is 371 g/mol. The molecular weight excluding hydrogens is 336 g/mol. The molecule has 0 saturated carbocycles. The summed E-state index contributed by atoms with van der Waals surface area (Å²) in [6, 6.07) is 4.91. The maximum absolute atomic E-state index is 2.46. The fraction of sp³-hybridized carbons (Fsp3) is 0.700. The molecule has 1 rings (SSSR count). The smallest absolute Gasteiger partial charge is 0.0344 e. The zero-order valence-electron chi connectivity index (χ0n) is 15.5. The van der Waals surface area contributed by atoms with Gasteiger partial charge in [-0.15, -0.1) is 35.3 Å². The third-order valence-corrected chi connectivity index (χ3v) is 7.48. The van der Waals surface area contributed by atoms with E-state index in [0.717, 1.165) is 6.42 Å². The van der Waals surface area contributed by atoms with E-state index >= 15 is 0 Å². The third kappa shape index (κ3) is 8.27. The summed E-state index contributed by atoms with van der Waals surface area (Å²) in [5.74, 6) is 3.76. The zero-order chi connectivity index (χ0) is 16.9. The van der Waals surface area contributed by atoms with Crippen LogP contribution in [0.3, 0.4) is 0 Å². The van der Waals surface area contributed by atoms with Crippen LogP contribution in [0.2, 0.25) is 0 Å². The summed E-state index contributed by atoms with van der Waals surface area (Å²) in [5, 5.41) is 0. The molecule has 0 aromatic heterocycles. The second-order valence-corrected chi connectivity index (χ2v) is 9.26. The van der Waals surface area contributed by atoms with Gasteiger partial charge in [-0.1, -0.05) is 47.0 Å². The first-order chi connectivity index (χ1) is 11.3. The van der Waals surface area contributed by atoms with Gasteiger partial charge < -0.3 is 0 Å². The molecule has 0 spiro atoms. The standard InChI is InChI=1S/C20H34S3/c1-5-9-12-21-18-15-17(8-4)16-19(22-13-10-6-2)20(18)23-14-11-7-3/h15-16H,5-14H2,1-4H3. The lowest BCUT2D eigenvalue weighted by Crippen LogP contribution is -1.93. The van der Waals surface area contributed by atoms with Crippen LogP contribution in [-0.4, -0.2) is 17.3 Å². The molecule has 0 aliphatic rings. The first kappa shape index (κ1) is 21.3. The number of benzene rings is 1. The van der Waals surface area contributed by atoms with Gasteiger partial charge >= 0.3 is 0 Å². The van der Waals surface area contributed by atoms with Crippen molar-refractivity contribution in [2.75, 3.05) is 17.3 Å². The van der Waals surface area contributed by atoms with Crippen LogP contribution in [0.5, 0.6) is 0 Å². The van der Waals surface area contributed by atoms with Gasteiger partial charge in [0, 0.05) is 14.7 Å². The Bertz CT molecular complexity index is 398. The van der Waals surface area contributed by atoms with E-state index in [0.29, 0.717) is 0 Å². The van der Waals surface area contributed by atoms with E-state index in [1.165, 1.54) is 71.1 Å². The van der Waals surface area contributed by atoms with Crippen molar-refractivity contribution in [3.05, 3.63) is 17.7 Å². The first-order valence-corrected chi connectivity index (χ1v) is 12.3. The lowest BCUT2D eigenvalue weighted by Gasteiger charge is -2.16. The number of thioether (sulfide) groups is 3. The summed E-state index contributed by atoms with van der Waals surface area (Å²) < 4.78 is 0. The molecule has 23 heavy (non-hydrogen) atoms. The van der Waals surface area contributed by atoms with E-state index in [4.69, 9.17) is 0 Å². The number of rotatable bonds is 13. The molecule has 0 aliphatic carbocycles. The highest BCUT2D eigenvalue weighted by Gasteiger charge is 2.12. The molecular formula is C20H34S3. The Morgan fingerprint density at radius 1 is 0.652 bits per heavy atom. The molecule has 0 heterocycles. The molecule has 0 radical (unpaired) electrons. The fourth-order valence-electron chi connectivity index (χ4n) is 2.16. The van der Waals surface area contributed by atoms with Crippen LogP contribution < -0.4 is 0 Å². The molecule has 0 aliphatic heterocycles. The minimum absolute atomic E-state index is 1.14. The van der Waals surface area contributed by atoms with Gasteiger partial charge in [0.2, 0.25) is 0 Å². The molecule has 132 valence electrons. The van der Waals surface area contributed by atoms with Crippen molar-refractivity contribution in [3.8, 4) is 0 Å². The molecule has 0 nitrogen and oxygen atoms in total. The van der Waals surface area contributed by atoms with Gasteiger partial charge in [-0.3, -0.25) is 0 Å². The van der Waals surface area contributed by atoms with Gasteiger partial charge in [0.15, 0.2) is 0 Å². The SMILES string of the molecule is CCCCSc1cc(CC)cc(SCCCC)c1SCCCC. The first-order valence-electron chi connectivity index (χ1n) is 9.32.